The Bertz CT molecular complexity index is 399. The van der Waals surface area contributed by atoms with Crippen molar-refractivity contribution in [3.05, 3.63) is 29.8 Å². The third-order valence-corrected chi connectivity index (χ3v) is 2.91. The van der Waals surface area contributed by atoms with Crippen LogP contribution in [0.3, 0.4) is 0 Å². The number of halogens is 3. The molecular weight excluding hydrogens is 245 g/mol. The molecule has 0 heterocycles. The van der Waals surface area contributed by atoms with E-state index in [0.717, 1.165) is 19.3 Å². The van der Waals surface area contributed by atoms with Crippen molar-refractivity contribution >= 4 is 0 Å². The summed E-state index contributed by atoms with van der Waals surface area (Å²) in [6.07, 6.45) is -1.78. The molecule has 1 saturated carbocycles. The lowest BCUT2D eigenvalue weighted by atomic mass is 10.0. The van der Waals surface area contributed by atoms with Crippen molar-refractivity contribution in [2.45, 2.75) is 38.1 Å². The first-order valence-corrected chi connectivity index (χ1v) is 5.95. The van der Waals surface area contributed by atoms with Gasteiger partial charge in [-0.2, -0.15) is 0 Å². The highest BCUT2D eigenvalue weighted by atomic mass is 19.4. The molecule has 2 rings (SSSR count). The minimum absolute atomic E-state index is 0.237. The number of hydrogen-bond acceptors (Lipinski definition) is 2. The quantitative estimate of drug-likeness (QED) is 0.880. The second-order valence-electron chi connectivity index (χ2n) is 4.73. The number of hydrogen-bond donors (Lipinski definition) is 1. The summed E-state index contributed by atoms with van der Waals surface area (Å²) in [6.45, 7) is 0. The lowest BCUT2D eigenvalue weighted by molar-refractivity contribution is -0.274. The lowest BCUT2D eigenvalue weighted by Gasteiger charge is -2.12. The maximum Gasteiger partial charge on any atom is 0.573 e. The molecule has 5 heteroatoms. The fraction of sp³-hybridized carbons (Fsp3) is 0.538. The predicted molar refractivity (Wildman–Crippen MR) is 60.2 cm³/mol. The largest absolute Gasteiger partial charge is 0.573 e. The third kappa shape index (κ3) is 4.56. The Labute approximate surface area is 103 Å². The van der Waals surface area contributed by atoms with Gasteiger partial charge in [-0.25, -0.2) is 0 Å². The van der Waals surface area contributed by atoms with Gasteiger partial charge in [-0.05, 0) is 36.5 Å². The highest BCUT2D eigenvalue weighted by Crippen LogP contribution is 2.34. The maximum absolute atomic E-state index is 12.0. The van der Waals surface area contributed by atoms with Gasteiger partial charge in [0.15, 0.2) is 0 Å². The van der Waals surface area contributed by atoms with Gasteiger partial charge in [-0.3, -0.25) is 0 Å². The number of aliphatic hydroxyl groups excluding tert-OH is 1. The highest BCUT2D eigenvalue weighted by Gasteiger charge is 2.31. The van der Waals surface area contributed by atoms with E-state index in [4.69, 9.17) is 0 Å². The molecule has 1 fully saturated rings. The van der Waals surface area contributed by atoms with Crippen molar-refractivity contribution in [1.29, 1.82) is 0 Å². The van der Waals surface area contributed by atoms with Crippen LogP contribution >= 0.6 is 0 Å². The van der Waals surface area contributed by atoms with Crippen LogP contribution in [0.5, 0.6) is 5.75 Å². The number of benzene rings is 1. The predicted octanol–water partition coefficient (Wildman–Crippen LogP) is 3.29. The van der Waals surface area contributed by atoms with Crippen molar-refractivity contribution in [1.82, 2.24) is 0 Å². The summed E-state index contributed by atoms with van der Waals surface area (Å²) in [5.41, 5.74) is 0.657. The van der Waals surface area contributed by atoms with Gasteiger partial charge in [0, 0.05) is 0 Å². The van der Waals surface area contributed by atoms with Gasteiger partial charge < -0.3 is 9.84 Å². The van der Waals surface area contributed by atoms with Crippen LogP contribution in [0.2, 0.25) is 0 Å². The molecule has 1 aromatic carbocycles. The summed E-state index contributed by atoms with van der Waals surface area (Å²) in [5, 5.41) is 9.77. The molecule has 0 aliphatic heterocycles. The van der Waals surface area contributed by atoms with Gasteiger partial charge in [0.05, 0.1) is 6.10 Å². The van der Waals surface area contributed by atoms with Crippen molar-refractivity contribution in [3.8, 4) is 5.75 Å². The standard InChI is InChI=1S/C13H15F3O2/c14-13(15,16)18-12-3-1-2-10(8-12)7-11(17)6-9-4-5-9/h1-3,8-9,11,17H,4-7H2. The molecule has 1 atom stereocenters. The summed E-state index contributed by atoms with van der Waals surface area (Å²) in [7, 11) is 0. The Morgan fingerprint density at radius 3 is 2.67 bits per heavy atom. The van der Waals surface area contributed by atoms with Crippen LogP contribution in [0, 0.1) is 5.92 Å². The monoisotopic (exact) mass is 260 g/mol. The van der Waals surface area contributed by atoms with E-state index < -0.39 is 12.5 Å². The first-order chi connectivity index (χ1) is 8.42. The van der Waals surface area contributed by atoms with Crippen LogP contribution in [0.25, 0.3) is 0 Å². The minimum Gasteiger partial charge on any atom is -0.406 e. The molecule has 0 bridgehead atoms. The third-order valence-electron chi connectivity index (χ3n) is 2.91. The van der Waals surface area contributed by atoms with E-state index in [0.29, 0.717) is 17.9 Å². The Morgan fingerprint density at radius 1 is 1.33 bits per heavy atom. The number of rotatable bonds is 5. The average molecular weight is 260 g/mol. The average Bonchev–Trinajstić information content (AvgIpc) is 2.98. The van der Waals surface area contributed by atoms with Crippen molar-refractivity contribution in [2.75, 3.05) is 0 Å². The molecule has 1 unspecified atom stereocenters. The van der Waals surface area contributed by atoms with Crippen molar-refractivity contribution in [2.24, 2.45) is 5.92 Å². The van der Waals surface area contributed by atoms with Gasteiger partial charge >= 0.3 is 6.36 Å². The van der Waals surface area contributed by atoms with E-state index in [-0.39, 0.29) is 5.75 Å². The van der Waals surface area contributed by atoms with E-state index in [1.165, 1.54) is 18.2 Å². The second kappa shape index (κ2) is 5.18. The second-order valence-corrected chi connectivity index (χ2v) is 4.73. The molecule has 0 spiro atoms. The van der Waals surface area contributed by atoms with Gasteiger partial charge in [0.25, 0.3) is 0 Å². The molecule has 2 nitrogen and oxygen atoms in total. The fourth-order valence-electron chi connectivity index (χ4n) is 1.96. The van der Waals surface area contributed by atoms with Crippen LogP contribution in [-0.4, -0.2) is 17.6 Å². The minimum atomic E-state index is -4.68. The molecule has 0 amide bonds. The highest BCUT2D eigenvalue weighted by molar-refractivity contribution is 5.29. The van der Waals surface area contributed by atoms with Gasteiger partial charge in [0.1, 0.15) is 5.75 Å². The summed E-state index contributed by atoms with van der Waals surface area (Å²) < 4.78 is 40.0. The molecule has 0 saturated heterocycles. The Hall–Kier alpha value is -1.23. The van der Waals surface area contributed by atoms with E-state index in [1.807, 2.05) is 0 Å². The molecule has 1 aliphatic carbocycles. The molecule has 100 valence electrons. The summed E-state index contributed by atoms with van der Waals surface area (Å²) in [4.78, 5) is 0. The van der Waals surface area contributed by atoms with E-state index in [1.54, 1.807) is 6.07 Å². The summed E-state index contributed by atoms with van der Waals surface area (Å²) >= 11 is 0. The molecule has 1 aromatic rings. The molecular formula is C13H15F3O2. The smallest absolute Gasteiger partial charge is 0.406 e. The number of ether oxygens (including phenoxy) is 1. The first-order valence-electron chi connectivity index (χ1n) is 5.95. The number of aliphatic hydroxyl groups is 1. The first kappa shape index (κ1) is 13.2. The van der Waals surface area contributed by atoms with E-state index in [9.17, 15) is 18.3 Å². The van der Waals surface area contributed by atoms with Crippen molar-refractivity contribution in [3.63, 3.8) is 0 Å². The van der Waals surface area contributed by atoms with Gasteiger partial charge in [-0.1, -0.05) is 25.0 Å². The van der Waals surface area contributed by atoms with Crippen LogP contribution in [-0.2, 0) is 6.42 Å². The molecule has 0 aromatic heterocycles. The molecule has 1 N–H and O–H groups in total. The Balaban J connectivity index is 1.93. The van der Waals surface area contributed by atoms with E-state index in [2.05, 4.69) is 4.74 Å². The topological polar surface area (TPSA) is 29.5 Å². The normalized spacial score (nSPS) is 17.6. The molecule has 0 radical (unpaired) electrons. The fourth-order valence-corrected chi connectivity index (χ4v) is 1.96. The van der Waals surface area contributed by atoms with Crippen LogP contribution in [0.4, 0.5) is 13.2 Å². The summed E-state index contributed by atoms with van der Waals surface area (Å²) in [6, 6.07) is 5.77. The number of alkyl halides is 3. The Morgan fingerprint density at radius 2 is 2.06 bits per heavy atom. The Kier molecular flexibility index (Phi) is 3.80. The zero-order valence-electron chi connectivity index (χ0n) is 9.78. The summed E-state index contributed by atoms with van der Waals surface area (Å²) in [5.74, 6) is 0.355. The van der Waals surface area contributed by atoms with Gasteiger partial charge in [-0.15, -0.1) is 13.2 Å². The van der Waals surface area contributed by atoms with Crippen LogP contribution < -0.4 is 4.74 Å². The van der Waals surface area contributed by atoms with Crippen molar-refractivity contribution < 1.29 is 23.0 Å². The SMILES string of the molecule is OC(Cc1cccc(OC(F)(F)F)c1)CC1CC1. The van der Waals surface area contributed by atoms with Gasteiger partial charge in [0.2, 0.25) is 0 Å². The van der Waals surface area contributed by atoms with Crippen LogP contribution in [0.15, 0.2) is 24.3 Å². The van der Waals surface area contributed by atoms with Crippen LogP contribution in [0.1, 0.15) is 24.8 Å². The van der Waals surface area contributed by atoms with E-state index >= 15 is 0 Å². The zero-order chi connectivity index (χ0) is 13.2. The zero-order valence-corrected chi connectivity index (χ0v) is 9.78. The maximum atomic E-state index is 12.0. The lowest BCUT2D eigenvalue weighted by Crippen LogP contribution is -2.17. The molecule has 18 heavy (non-hydrogen) atoms. The molecule has 1 aliphatic rings.